The van der Waals surface area contributed by atoms with Crippen LogP contribution in [0.15, 0.2) is 23.5 Å². The lowest BCUT2D eigenvalue weighted by molar-refractivity contribution is -0.125. The number of halogens is 1. The van der Waals surface area contributed by atoms with Crippen LogP contribution in [-0.2, 0) is 4.74 Å². The first-order chi connectivity index (χ1) is 13.3. The molecule has 0 aromatic carbocycles. The van der Waals surface area contributed by atoms with Crippen LogP contribution in [0.3, 0.4) is 0 Å². The van der Waals surface area contributed by atoms with E-state index >= 15 is 0 Å². The van der Waals surface area contributed by atoms with E-state index in [0.29, 0.717) is 23.5 Å². The number of rotatable bonds is 2. The van der Waals surface area contributed by atoms with Crippen molar-refractivity contribution in [3.63, 3.8) is 0 Å². The average Bonchev–Trinajstić information content (AvgIpc) is 3.39. The minimum absolute atomic E-state index is 0. The van der Waals surface area contributed by atoms with E-state index in [-0.39, 0.29) is 24.0 Å². The van der Waals surface area contributed by atoms with Gasteiger partial charge in [0, 0.05) is 69.6 Å². The number of piperazine rings is 1. The highest BCUT2D eigenvalue weighted by Crippen LogP contribution is 2.60. The molecule has 3 unspecified atom stereocenters. The summed E-state index contributed by atoms with van der Waals surface area (Å²) in [5.41, 5.74) is 0.358. The van der Waals surface area contributed by atoms with Crippen LogP contribution in [0, 0.1) is 11.3 Å². The summed E-state index contributed by atoms with van der Waals surface area (Å²) in [6.07, 6.45) is 10.6. The molecule has 2 aliphatic heterocycles. The van der Waals surface area contributed by atoms with Gasteiger partial charge in [-0.15, -0.1) is 24.0 Å². The van der Waals surface area contributed by atoms with Crippen molar-refractivity contribution in [2.75, 3.05) is 44.7 Å². The Morgan fingerprint density at radius 2 is 1.89 bits per heavy atom. The fourth-order valence-corrected chi connectivity index (χ4v) is 5.91. The Kier molecular flexibility index (Phi) is 5.96. The van der Waals surface area contributed by atoms with Gasteiger partial charge in [-0.05, 0) is 25.3 Å². The van der Waals surface area contributed by atoms with Crippen molar-refractivity contribution in [3.05, 3.63) is 18.5 Å². The lowest BCUT2D eigenvalue weighted by atomic mass is 9.54. The van der Waals surface area contributed by atoms with Gasteiger partial charge >= 0.3 is 0 Å². The smallest absolute Gasteiger partial charge is 0.225 e. The molecule has 0 bridgehead atoms. The number of aromatic nitrogens is 2. The number of hydrogen-bond acceptors (Lipinski definition) is 5. The third-order valence-electron chi connectivity index (χ3n) is 7.20. The molecule has 1 spiro atoms. The highest BCUT2D eigenvalue weighted by molar-refractivity contribution is 14.0. The molecule has 1 N–H and O–H groups in total. The molecule has 5 rings (SSSR count). The summed E-state index contributed by atoms with van der Waals surface area (Å²) in [6.45, 7) is 4.68. The average molecular weight is 498 g/mol. The normalized spacial score (nSPS) is 31.3. The van der Waals surface area contributed by atoms with Crippen LogP contribution < -0.4 is 10.2 Å². The fourth-order valence-electron chi connectivity index (χ4n) is 5.91. The van der Waals surface area contributed by atoms with Gasteiger partial charge in [0.1, 0.15) is 0 Å². The maximum absolute atomic E-state index is 6.13. The number of nitrogens with one attached hydrogen (secondary N) is 1. The SMILES string of the molecule is CN=C(NC1C2CCOC2C12CCCC2)N1CCN(c2ncccn2)CC1.I. The van der Waals surface area contributed by atoms with Crippen molar-refractivity contribution >= 4 is 35.9 Å². The van der Waals surface area contributed by atoms with E-state index in [1.165, 1.54) is 32.1 Å². The summed E-state index contributed by atoms with van der Waals surface area (Å²) in [7, 11) is 1.91. The summed E-state index contributed by atoms with van der Waals surface area (Å²) < 4.78 is 6.13. The monoisotopic (exact) mass is 498 g/mol. The molecule has 3 heterocycles. The van der Waals surface area contributed by atoms with E-state index in [9.17, 15) is 0 Å². The van der Waals surface area contributed by atoms with Crippen molar-refractivity contribution < 1.29 is 4.74 Å². The summed E-state index contributed by atoms with van der Waals surface area (Å²) >= 11 is 0. The molecule has 1 aromatic heterocycles. The van der Waals surface area contributed by atoms with Crippen LogP contribution >= 0.6 is 24.0 Å². The Balaban J connectivity index is 0.00000192. The summed E-state index contributed by atoms with van der Waals surface area (Å²) in [5.74, 6) is 2.55. The Morgan fingerprint density at radius 3 is 2.57 bits per heavy atom. The Hall–Kier alpha value is -1.16. The topological polar surface area (TPSA) is 65.9 Å². The van der Waals surface area contributed by atoms with Gasteiger partial charge in [-0.3, -0.25) is 4.99 Å². The second-order valence-electron chi connectivity index (χ2n) is 8.38. The second-order valence-corrected chi connectivity index (χ2v) is 8.38. The van der Waals surface area contributed by atoms with Crippen molar-refractivity contribution in [1.82, 2.24) is 20.2 Å². The predicted octanol–water partition coefficient (Wildman–Crippen LogP) is 2.14. The second kappa shape index (κ2) is 8.30. The molecule has 4 fully saturated rings. The molecule has 2 aliphatic carbocycles. The lowest BCUT2D eigenvalue weighted by Gasteiger charge is -2.57. The zero-order valence-electron chi connectivity index (χ0n) is 16.6. The lowest BCUT2D eigenvalue weighted by Crippen LogP contribution is -2.70. The zero-order chi connectivity index (χ0) is 18.3. The minimum atomic E-state index is 0. The van der Waals surface area contributed by atoms with Crippen molar-refractivity contribution in [3.8, 4) is 0 Å². The van der Waals surface area contributed by atoms with E-state index in [1.807, 2.05) is 25.5 Å². The molecule has 154 valence electrons. The molecule has 1 aromatic rings. The molecular formula is C20H31IN6O. The quantitative estimate of drug-likeness (QED) is 0.383. The summed E-state index contributed by atoms with van der Waals surface area (Å²) in [5, 5.41) is 3.88. The zero-order valence-corrected chi connectivity index (χ0v) is 18.9. The maximum atomic E-state index is 6.13. The third-order valence-corrected chi connectivity index (χ3v) is 7.20. The first-order valence-electron chi connectivity index (χ1n) is 10.4. The third kappa shape index (κ3) is 3.26. The fraction of sp³-hybridized carbons (Fsp3) is 0.750. The molecule has 8 heteroatoms. The molecule has 2 saturated carbocycles. The molecular weight excluding hydrogens is 467 g/mol. The molecule has 4 aliphatic rings. The van der Waals surface area contributed by atoms with Crippen LogP contribution in [0.2, 0.25) is 0 Å². The Bertz CT molecular complexity index is 687. The maximum Gasteiger partial charge on any atom is 0.225 e. The van der Waals surface area contributed by atoms with Gasteiger partial charge < -0.3 is 19.9 Å². The van der Waals surface area contributed by atoms with Crippen molar-refractivity contribution in [2.24, 2.45) is 16.3 Å². The number of fused-ring (bicyclic) bond motifs is 2. The van der Waals surface area contributed by atoms with E-state index < -0.39 is 0 Å². The van der Waals surface area contributed by atoms with Gasteiger partial charge in [0.05, 0.1) is 6.10 Å². The van der Waals surface area contributed by atoms with Gasteiger partial charge in [0.15, 0.2) is 5.96 Å². The van der Waals surface area contributed by atoms with Gasteiger partial charge in [0.2, 0.25) is 5.95 Å². The molecule has 28 heavy (non-hydrogen) atoms. The van der Waals surface area contributed by atoms with E-state index in [2.05, 4.69) is 30.1 Å². The van der Waals surface area contributed by atoms with Crippen LogP contribution in [0.5, 0.6) is 0 Å². The first kappa shape index (κ1) is 20.1. The Labute approximate surface area is 184 Å². The summed E-state index contributed by atoms with van der Waals surface area (Å²) in [4.78, 5) is 18.1. The molecule has 7 nitrogen and oxygen atoms in total. The van der Waals surface area contributed by atoms with Gasteiger partial charge in [-0.2, -0.15) is 0 Å². The largest absolute Gasteiger partial charge is 0.377 e. The van der Waals surface area contributed by atoms with E-state index in [4.69, 9.17) is 4.74 Å². The molecule has 0 amide bonds. The van der Waals surface area contributed by atoms with Crippen LogP contribution in [0.25, 0.3) is 0 Å². The predicted molar refractivity (Wildman–Crippen MR) is 120 cm³/mol. The Morgan fingerprint density at radius 1 is 1.18 bits per heavy atom. The van der Waals surface area contributed by atoms with Crippen LogP contribution in [0.1, 0.15) is 32.1 Å². The number of hydrogen-bond donors (Lipinski definition) is 1. The number of anilines is 1. The number of ether oxygens (including phenoxy) is 1. The van der Waals surface area contributed by atoms with Crippen LogP contribution in [-0.4, -0.2) is 72.8 Å². The standard InChI is InChI=1S/C20H30N6O.HI/c1-21-18(25-10-12-26(13-11-25)19-22-8-4-9-23-19)24-16-15-5-14-27-17(15)20(16)6-2-3-7-20;/h4,8-9,15-17H,2-3,5-7,10-14H2,1H3,(H,21,24);1H. The molecule has 2 saturated heterocycles. The highest BCUT2D eigenvalue weighted by Gasteiger charge is 2.65. The first-order valence-corrected chi connectivity index (χ1v) is 10.4. The van der Waals surface area contributed by atoms with Gasteiger partial charge in [-0.1, -0.05) is 12.8 Å². The molecule has 0 radical (unpaired) electrons. The van der Waals surface area contributed by atoms with Gasteiger partial charge in [-0.25, -0.2) is 9.97 Å². The number of aliphatic imine (C=N–C) groups is 1. The van der Waals surface area contributed by atoms with Crippen LogP contribution in [0.4, 0.5) is 5.95 Å². The molecule has 3 atom stereocenters. The van der Waals surface area contributed by atoms with E-state index in [0.717, 1.165) is 44.7 Å². The summed E-state index contributed by atoms with van der Waals surface area (Å²) in [6, 6.07) is 2.39. The number of nitrogens with zero attached hydrogens (tertiary/aromatic N) is 5. The van der Waals surface area contributed by atoms with E-state index in [1.54, 1.807) is 0 Å². The highest BCUT2D eigenvalue weighted by atomic mass is 127. The van der Waals surface area contributed by atoms with Crippen molar-refractivity contribution in [2.45, 2.75) is 44.2 Å². The number of guanidine groups is 1. The van der Waals surface area contributed by atoms with Crippen molar-refractivity contribution in [1.29, 1.82) is 0 Å². The minimum Gasteiger partial charge on any atom is -0.377 e. The van der Waals surface area contributed by atoms with Gasteiger partial charge in [0.25, 0.3) is 0 Å².